The molecule has 0 aliphatic carbocycles. The summed E-state index contributed by atoms with van der Waals surface area (Å²) in [5, 5.41) is 26.6. The lowest BCUT2D eigenvalue weighted by Gasteiger charge is -2.19. The Bertz CT molecular complexity index is 1390. The molecule has 0 radical (unpaired) electrons. The Morgan fingerprint density at radius 2 is 1.85 bits per heavy atom. The van der Waals surface area contributed by atoms with E-state index in [1.165, 1.54) is 28.9 Å². The zero-order valence-corrected chi connectivity index (χ0v) is 17.8. The van der Waals surface area contributed by atoms with E-state index in [2.05, 4.69) is 10.1 Å². The molecule has 2 aliphatic heterocycles. The van der Waals surface area contributed by atoms with E-state index in [9.17, 15) is 14.9 Å². The zero-order valence-electron chi connectivity index (χ0n) is 17.0. The highest BCUT2D eigenvalue weighted by atomic mass is 32.2. The van der Waals surface area contributed by atoms with Gasteiger partial charge in [-0.15, -0.1) is 0 Å². The number of thioether (sulfide) groups is 1. The third-order valence-corrected chi connectivity index (χ3v) is 5.88. The molecule has 0 bridgehead atoms. The number of carbonyl (C=O) groups excluding carboxylic acids is 1. The highest BCUT2D eigenvalue weighted by molar-refractivity contribution is 8.26. The van der Waals surface area contributed by atoms with Crippen molar-refractivity contribution in [1.29, 1.82) is 5.41 Å². The highest BCUT2D eigenvalue weighted by Gasteiger charge is 2.35. The molecule has 33 heavy (non-hydrogen) atoms. The number of benzene rings is 2. The molecular formula is C23H15N5O4S. The summed E-state index contributed by atoms with van der Waals surface area (Å²) < 4.78 is 5.73. The van der Waals surface area contributed by atoms with Crippen LogP contribution in [-0.4, -0.2) is 31.9 Å². The molecule has 0 saturated carbocycles. The van der Waals surface area contributed by atoms with Gasteiger partial charge in [0.15, 0.2) is 5.84 Å². The maximum Gasteiger partial charge on any atom is 0.283 e. The summed E-state index contributed by atoms with van der Waals surface area (Å²) in [6, 6.07) is 19.2. The maximum atomic E-state index is 12.6. The number of hydrazone groups is 1. The van der Waals surface area contributed by atoms with Gasteiger partial charge in [0.2, 0.25) is 5.17 Å². The van der Waals surface area contributed by atoms with Crippen LogP contribution in [-0.2, 0) is 11.2 Å². The van der Waals surface area contributed by atoms with Gasteiger partial charge < -0.3 is 4.42 Å². The summed E-state index contributed by atoms with van der Waals surface area (Å²) in [7, 11) is 0. The van der Waals surface area contributed by atoms with Gasteiger partial charge in [-0.3, -0.25) is 20.3 Å². The van der Waals surface area contributed by atoms with Crippen LogP contribution in [0.15, 0.2) is 86.8 Å². The van der Waals surface area contributed by atoms with E-state index >= 15 is 0 Å². The number of nitrogens with one attached hydrogen (secondary N) is 1. The van der Waals surface area contributed by atoms with Crippen LogP contribution in [0, 0.1) is 15.5 Å². The van der Waals surface area contributed by atoms with Crippen LogP contribution in [0.3, 0.4) is 0 Å². The van der Waals surface area contributed by atoms with Gasteiger partial charge in [0, 0.05) is 12.5 Å². The molecule has 5 rings (SSSR count). The Hall–Kier alpha value is -4.31. The number of carbonyl (C=O) groups is 1. The molecular weight excluding hydrogens is 442 g/mol. The summed E-state index contributed by atoms with van der Waals surface area (Å²) >= 11 is 1.26. The summed E-state index contributed by atoms with van der Waals surface area (Å²) in [4.78, 5) is 27.5. The third-order valence-electron chi connectivity index (χ3n) is 4.97. The van der Waals surface area contributed by atoms with Gasteiger partial charge in [0.1, 0.15) is 16.6 Å². The number of aliphatic imine (C=N–C) groups is 1. The lowest BCUT2D eigenvalue weighted by Crippen LogP contribution is -2.35. The Balaban J connectivity index is 1.41. The summed E-state index contributed by atoms with van der Waals surface area (Å²) in [5.41, 5.74) is 1.32. The Kier molecular flexibility index (Phi) is 5.19. The number of para-hydroxylation sites is 1. The van der Waals surface area contributed by atoms with Crippen LogP contribution < -0.4 is 0 Å². The monoisotopic (exact) mass is 457 g/mol. The van der Waals surface area contributed by atoms with Crippen molar-refractivity contribution >= 4 is 45.5 Å². The molecule has 9 nitrogen and oxygen atoms in total. The first-order chi connectivity index (χ1) is 16.0. The van der Waals surface area contributed by atoms with Crippen LogP contribution in [0.2, 0.25) is 0 Å². The van der Waals surface area contributed by atoms with Crippen LogP contribution in [0.5, 0.6) is 0 Å². The summed E-state index contributed by atoms with van der Waals surface area (Å²) in [5.74, 6) is -0.119. The number of amides is 1. The van der Waals surface area contributed by atoms with Gasteiger partial charge in [0.25, 0.3) is 11.6 Å². The van der Waals surface area contributed by atoms with Crippen LogP contribution in [0.4, 0.5) is 5.69 Å². The molecule has 1 N–H and O–H groups in total. The van der Waals surface area contributed by atoms with E-state index in [0.29, 0.717) is 17.2 Å². The molecule has 1 amide bonds. The summed E-state index contributed by atoms with van der Waals surface area (Å²) in [6.45, 7) is 0. The number of nitro groups is 1. The van der Waals surface area contributed by atoms with Crippen LogP contribution in [0.25, 0.3) is 17.4 Å². The smallest absolute Gasteiger partial charge is 0.283 e. The number of furan rings is 1. The first-order valence-electron chi connectivity index (χ1n) is 9.86. The maximum absolute atomic E-state index is 12.6. The molecule has 0 saturated heterocycles. The molecule has 0 atom stereocenters. The minimum Gasteiger partial charge on any atom is -0.456 e. The van der Waals surface area contributed by atoms with Crippen molar-refractivity contribution in [3.8, 4) is 11.3 Å². The fourth-order valence-electron chi connectivity index (χ4n) is 3.43. The largest absolute Gasteiger partial charge is 0.456 e. The average Bonchev–Trinajstić information content (AvgIpc) is 3.44. The predicted octanol–water partition coefficient (Wildman–Crippen LogP) is 4.72. The number of amidine groups is 2. The lowest BCUT2D eigenvalue weighted by molar-refractivity contribution is -0.384. The van der Waals surface area contributed by atoms with E-state index in [1.807, 2.05) is 30.3 Å². The van der Waals surface area contributed by atoms with Crippen molar-refractivity contribution in [3.05, 3.63) is 93.7 Å². The topological polar surface area (TPSA) is 125 Å². The van der Waals surface area contributed by atoms with Gasteiger partial charge >= 0.3 is 0 Å². The van der Waals surface area contributed by atoms with E-state index in [0.717, 1.165) is 10.6 Å². The molecule has 0 unspecified atom stereocenters. The van der Waals surface area contributed by atoms with Crippen LogP contribution >= 0.6 is 11.8 Å². The van der Waals surface area contributed by atoms with Crippen molar-refractivity contribution < 1.29 is 14.1 Å². The van der Waals surface area contributed by atoms with E-state index < -0.39 is 10.8 Å². The van der Waals surface area contributed by atoms with E-state index in [1.54, 1.807) is 30.3 Å². The number of rotatable bonds is 5. The normalized spacial score (nSPS) is 16.6. The van der Waals surface area contributed by atoms with Crippen LogP contribution in [0.1, 0.15) is 11.3 Å². The molecule has 162 valence electrons. The van der Waals surface area contributed by atoms with Crippen molar-refractivity contribution in [3.63, 3.8) is 0 Å². The highest BCUT2D eigenvalue weighted by Crippen LogP contribution is 2.33. The fourth-order valence-corrected chi connectivity index (χ4v) is 4.35. The molecule has 3 heterocycles. The minimum absolute atomic E-state index is 0.0209. The van der Waals surface area contributed by atoms with Crippen molar-refractivity contribution in [2.45, 2.75) is 6.42 Å². The van der Waals surface area contributed by atoms with Gasteiger partial charge in [0.05, 0.1) is 16.1 Å². The number of hydrogen-bond acceptors (Lipinski definition) is 7. The molecule has 10 heteroatoms. The van der Waals surface area contributed by atoms with E-state index in [-0.39, 0.29) is 28.6 Å². The predicted molar refractivity (Wildman–Crippen MR) is 126 cm³/mol. The Morgan fingerprint density at radius 3 is 2.64 bits per heavy atom. The lowest BCUT2D eigenvalue weighted by atomic mass is 10.1. The fraction of sp³-hybridized carbons (Fsp3) is 0.0435. The van der Waals surface area contributed by atoms with Crippen molar-refractivity contribution in [1.82, 2.24) is 5.01 Å². The second kappa shape index (κ2) is 8.32. The van der Waals surface area contributed by atoms with Crippen molar-refractivity contribution in [2.75, 3.05) is 0 Å². The zero-order chi connectivity index (χ0) is 22.9. The van der Waals surface area contributed by atoms with Gasteiger partial charge in [-0.05, 0) is 41.6 Å². The van der Waals surface area contributed by atoms with Gasteiger partial charge in [-0.1, -0.05) is 42.5 Å². The van der Waals surface area contributed by atoms with Crippen molar-refractivity contribution in [2.24, 2.45) is 10.1 Å². The SMILES string of the molecule is N=C1/C(=C/c2ccc(-c3ccccc3[N+](=O)[O-])o2)C(=O)N=C2SC(Cc3ccccc3)=NN12. The molecule has 0 fully saturated rings. The molecule has 0 spiro atoms. The second-order valence-corrected chi connectivity index (χ2v) is 8.19. The molecule has 2 aliphatic rings. The Morgan fingerprint density at radius 1 is 1.09 bits per heavy atom. The number of nitro benzene ring substituents is 1. The first kappa shape index (κ1) is 20.6. The number of nitrogens with zero attached hydrogens (tertiary/aromatic N) is 4. The second-order valence-electron chi connectivity index (χ2n) is 7.15. The number of fused-ring (bicyclic) bond motifs is 1. The molecule has 3 aromatic rings. The Labute approximate surface area is 191 Å². The third kappa shape index (κ3) is 3.99. The van der Waals surface area contributed by atoms with Gasteiger partial charge in [-0.2, -0.15) is 15.1 Å². The quantitative estimate of drug-likeness (QED) is 0.336. The first-order valence-corrected chi connectivity index (χ1v) is 10.7. The molecule has 1 aromatic heterocycles. The van der Waals surface area contributed by atoms with Gasteiger partial charge in [-0.25, -0.2) is 0 Å². The molecule has 2 aromatic carbocycles. The van der Waals surface area contributed by atoms with E-state index in [4.69, 9.17) is 9.83 Å². The number of hydrogen-bond donors (Lipinski definition) is 1. The summed E-state index contributed by atoms with van der Waals surface area (Å²) in [6.07, 6.45) is 1.97. The standard InChI is InChI=1S/C23H15N5O4S/c24-21-17(13-15-10-11-19(32-15)16-8-4-5-9-18(16)28(30)31)22(29)25-23-27(21)26-20(33-23)12-14-6-2-1-3-7-14/h1-11,13,24H,12H2/b17-13-,24-21?. The minimum atomic E-state index is -0.571. The average molecular weight is 457 g/mol.